The number of hydrogen-bond acceptors (Lipinski definition) is 2. The van der Waals surface area contributed by atoms with E-state index in [4.69, 9.17) is 5.11 Å². The second-order valence-corrected chi connectivity index (χ2v) is 4.63. The Labute approximate surface area is 132 Å². The summed E-state index contributed by atoms with van der Waals surface area (Å²) in [6.07, 6.45) is 9.09. The van der Waals surface area contributed by atoms with E-state index in [0.717, 1.165) is 12.1 Å². The zero-order valence-electron chi connectivity index (χ0n) is 12.5. The van der Waals surface area contributed by atoms with E-state index >= 15 is 0 Å². The summed E-state index contributed by atoms with van der Waals surface area (Å²) in [7, 11) is 0. The summed E-state index contributed by atoms with van der Waals surface area (Å²) in [5.41, 5.74) is 0.0520. The topological polar surface area (TPSA) is 66.4 Å². The van der Waals surface area contributed by atoms with Gasteiger partial charge in [0.2, 0.25) is 5.91 Å². The molecule has 1 aromatic rings. The van der Waals surface area contributed by atoms with Gasteiger partial charge >= 0.3 is 5.97 Å². The smallest absolute Gasteiger partial charge is 0.305 e. The van der Waals surface area contributed by atoms with E-state index in [0.29, 0.717) is 6.07 Å². The molecule has 0 fully saturated rings. The van der Waals surface area contributed by atoms with Gasteiger partial charge in [-0.15, -0.1) is 0 Å². The zero-order chi connectivity index (χ0) is 17.2. The van der Waals surface area contributed by atoms with E-state index in [9.17, 15) is 18.4 Å². The Balaban J connectivity index is 2.86. The number of aliphatic carboxylic acids is 1. The molecule has 2 N–H and O–H groups in total. The highest BCUT2D eigenvalue weighted by atomic mass is 19.1. The first-order valence-electron chi connectivity index (χ1n) is 6.86. The van der Waals surface area contributed by atoms with Gasteiger partial charge in [0.1, 0.15) is 11.6 Å². The summed E-state index contributed by atoms with van der Waals surface area (Å²) in [6.45, 7) is 1.84. The zero-order valence-corrected chi connectivity index (χ0v) is 12.5. The largest absolute Gasteiger partial charge is 0.481 e. The van der Waals surface area contributed by atoms with Crippen LogP contribution in [0.25, 0.3) is 0 Å². The maximum Gasteiger partial charge on any atom is 0.305 e. The number of carboxylic acid groups (broad SMARTS) is 1. The molecule has 122 valence electrons. The van der Waals surface area contributed by atoms with Crippen LogP contribution in [-0.2, 0) is 9.59 Å². The van der Waals surface area contributed by atoms with E-state index in [-0.39, 0.29) is 5.56 Å². The predicted molar refractivity (Wildman–Crippen MR) is 82.6 cm³/mol. The minimum Gasteiger partial charge on any atom is -0.481 e. The highest BCUT2D eigenvalue weighted by Crippen LogP contribution is 2.19. The average Bonchev–Trinajstić information content (AvgIpc) is 2.45. The lowest BCUT2D eigenvalue weighted by molar-refractivity contribution is -0.137. The number of rotatable bonds is 7. The quantitative estimate of drug-likeness (QED) is 0.598. The summed E-state index contributed by atoms with van der Waals surface area (Å²) < 4.78 is 26.5. The van der Waals surface area contributed by atoms with Crippen LogP contribution in [0.5, 0.6) is 0 Å². The molecule has 1 rings (SSSR count). The van der Waals surface area contributed by atoms with E-state index in [2.05, 4.69) is 5.32 Å². The standard InChI is InChI=1S/C17H17F2NO3/c1-2-3-4-5-6-7-16(21)20-15(11-17(22)23)12-8-13(18)10-14(19)9-12/h2-10,15H,11H2,1H3,(H,20,21)(H,22,23)/b3-2+,5-4+,7-6+/t15-/m0/s1. The van der Waals surface area contributed by atoms with Crippen molar-refractivity contribution in [1.29, 1.82) is 0 Å². The maximum absolute atomic E-state index is 13.3. The van der Waals surface area contributed by atoms with Crippen molar-refractivity contribution in [3.05, 3.63) is 71.9 Å². The molecule has 0 saturated carbocycles. The van der Waals surface area contributed by atoms with Crippen LogP contribution in [-0.4, -0.2) is 17.0 Å². The van der Waals surface area contributed by atoms with Gasteiger partial charge in [-0.2, -0.15) is 0 Å². The van der Waals surface area contributed by atoms with Crippen molar-refractivity contribution in [2.24, 2.45) is 0 Å². The fourth-order valence-electron chi connectivity index (χ4n) is 1.81. The van der Waals surface area contributed by atoms with Crippen molar-refractivity contribution >= 4 is 11.9 Å². The fraction of sp³-hybridized carbons (Fsp3) is 0.176. The molecule has 0 aliphatic carbocycles. The van der Waals surface area contributed by atoms with Gasteiger partial charge in [0.25, 0.3) is 0 Å². The molecule has 0 aromatic heterocycles. The third-order valence-electron chi connectivity index (χ3n) is 2.76. The number of halogens is 2. The van der Waals surface area contributed by atoms with Crippen LogP contribution >= 0.6 is 0 Å². The second kappa shape index (κ2) is 9.30. The first-order chi connectivity index (χ1) is 10.9. The van der Waals surface area contributed by atoms with Crippen LogP contribution in [0.15, 0.2) is 54.7 Å². The van der Waals surface area contributed by atoms with Gasteiger partial charge in [-0.25, -0.2) is 8.78 Å². The molecule has 0 aliphatic rings. The number of carbonyl (C=O) groups is 2. The SMILES string of the molecule is C/C=C/C=C/C=C/C(=O)N[C@@H](CC(=O)O)c1cc(F)cc(F)c1. The van der Waals surface area contributed by atoms with Gasteiger partial charge in [0.05, 0.1) is 12.5 Å². The number of carbonyl (C=O) groups excluding carboxylic acids is 1. The van der Waals surface area contributed by atoms with Crippen LogP contribution < -0.4 is 5.32 Å². The third-order valence-corrected chi connectivity index (χ3v) is 2.76. The van der Waals surface area contributed by atoms with Crippen LogP contribution in [0.4, 0.5) is 8.78 Å². The van der Waals surface area contributed by atoms with Crippen LogP contribution in [0.3, 0.4) is 0 Å². The lowest BCUT2D eigenvalue weighted by Gasteiger charge is -2.16. The average molecular weight is 321 g/mol. The number of carboxylic acids is 1. The van der Waals surface area contributed by atoms with Gasteiger partial charge in [0, 0.05) is 12.1 Å². The molecule has 0 aliphatic heterocycles. The second-order valence-electron chi connectivity index (χ2n) is 4.63. The Kier molecular flexibility index (Phi) is 7.39. The fourth-order valence-corrected chi connectivity index (χ4v) is 1.81. The van der Waals surface area contributed by atoms with Crippen molar-refractivity contribution in [3.63, 3.8) is 0 Å². The Morgan fingerprint density at radius 2 is 1.74 bits per heavy atom. The molecule has 1 amide bonds. The molecule has 0 saturated heterocycles. The Hall–Kier alpha value is -2.76. The molecule has 0 bridgehead atoms. The number of nitrogens with one attached hydrogen (secondary N) is 1. The summed E-state index contributed by atoms with van der Waals surface area (Å²) in [5.74, 6) is -3.44. The molecule has 0 radical (unpaired) electrons. The van der Waals surface area contributed by atoms with Gasteiger partial charge in [0.15, 0.2) is 0 Å². The normalized spacial score (nSPS) is 13.0. The minimum atomic E-state index is -1.20. The first-order valence-corrected chi connectivity index (χ1v) is 6.86. The summed E-state index contributed by atoms with van der Waals surface area (Å²) in [6, 6.07) is 1.63. The molecule has 4 nitrogen and oxygen atoms in total. The van der Waals surface area contributed by atoms with Gasteiger partial charge in [-0.1, -0.05) is 30.4 Å². The Morgan fingerprint density at radius 3 is 2.30 bits per heavy atom. The molecule has 0 spiro atoms. The van der Waals surface area contributed by atoms with Crippen molar-refractivity contribution in [3.8, 4) is 0 Å². The Bertz CT molecular complexity index is 631. The highest BCUT2D eigenvalue weighted by Gasteiger charge is 2.18. The lowest BCUT2D eigenvalue weighted by Crippen LogP contribution is -2.29. The van der Waals surface area contributed by atoms with Gasteiger partial charge < -0.3 is 10.4 Å². The van der Waals surface area contributed by atoms with Crippen molar-refractivity contribution in [1.82, 2.24) is 5.32 Å². The van der Waals surface area contributed by atoms with Gasteiger partial charge in [-0.05, 0) is 24.6 Å². The predicted octanol–water partition coefficient (Wildman–Crippen LogP) is 3.29. The third kappa shape index (κ3) is 7.17. The minimum absolute atomic E-state index is 0.0520. The van der Waals surface area contributed by atoms with Crippen molar-refractivity contribution in [2.45, 2.75) is 19.4 Å². The van der Waals surface area contributed by atoms with Crippen molar-refractivity contribution < 1.29 is 23.5 Å². The number of allylic oxidation sites excluding steroid dienone is 5. The molecule has 0 unspecified atom stereocenters. The molecule has 0 heterocycles. The molecule has 1 aromatic carbocycles. The summed E-state index contributed by atoms with van der Waals surface area (Å²) in [5, 5.41) is 11.3. The van der Waals surface area contributed by atoms with Gasteiger partial charge in [-0.3, -0.25) is 9.59 Å². The molecule has 6 heteroatoms. The lowest BCUT2D eigenvalue weighted by atomic mass is 10.0. The van der Waals surface area contributed by atoms with E-state index < -0.39 is 36.0 Å². The number of benzene rings is 1. The van der Waals surface area contributed by atoms with E-state index in [1.54, 1.807) is 18.2 Å². The maximum atomic E-state index is 13.3. The molecule has 1 atom stereocenters. The Morgan fingerprint density at radius 1 is 1.13 bits per heavy atom. The van der Waals surface area contributed by atoms with Crippen LogP contribution in [0.1, 0.15) is 24.9 Å². The van der Waals surface area contributed by atoms with Crippen LogP contribution in [0.2, 0.25) is 0 Å². The molecular formula is C17H17F2NO3. The van der Waals surface area contributed by atoms with Crippen LogP contribution in [0, 0.1) is 11.6 Å². The molecular weight excluding hydrogens is 304 g/mol. The number of amides is 1. The van der Waals surface area contributed by atoms with E-state index in [1.165, 1.54) is 12.2 Å². The van der Waals surface area contributed by atoms with E-state index in [1.807, 2.05) is 13.0 Å². The first kappa shape index (κ1) is 18.3. The monoisotopic (exact) mass is 321 g/mol. The summed E-state index contributed by atoms with van der Waals surface area (Å²) >= 11 is 0. The number of hydrogen-bond donors (Lipinski definition) is 2. The highest BCUT2D eigenvalue weighted by molar-refractivity contribution is 5.88. The molecule has 23 heavy (non-hydrogen) atoms. The van der Waals surface area contributed by atoms with Crippen molar-refractivity contribution in [2.75, 3.05) is 0 Å². The summed E-state index contributed by atoms with van der Waals surface area (Å²) in [4.78, 5) is 22.7.